The normalized spacial score (nSPS) is 48.5. The second kappa shape index (κ2) is 9.16. The third kappa shape index (κ3) is 4.23. The molecule has 2 saturated carbocycles. The van der Waals surface area contributed by atoms with Gasteiger partial charge in [-0.2, -0.15) is 0 Å². The highest BCUT2D eigenvalue weighted by molar-refractivity contribution is 4.98. The molecule has 0 radical (unpaired) electrons. The fraction of sp³-hybridized carbons (Fsp3) is 1.00. The van der Waals surface area contributed by atoms with Gasteiger partial charge in [0, 0.05) is 12.1 Å². The average Bonchev–Trinajstić information content (AvgIpc) is 2.61. The minimum atomic E-state index is -0.355. The van der Waals surface area contributed by atoms with Crippen LogP contribution in [-0.4, -0.2) is 34.5 Å². The molecule has 2 fully saturated rings. The molecule has 25 heavy (non-hydrogen) atoms. The predicted molar refractivity (Wildman–Crippen MR) is 104 cm³/mol. The largest absolute Gasteiger partial charge is 0.391 e. The van der Waals surface area contributed by atoms with Crippen molar-refractivity contribution in [2.24, 2.45) is 47.0 Å². The standard InChI is InChI=1S/C21H42N2O2/c1-5-12-9-14(16(7-3)18(22)20(12)24)11-15-10-13(6-2)21(25)19(23)17(15)8-4/h12-21,24-25H,5-11,22-23H2,1-4H3. The summed E-state index contributed by atoms with van der Waals surface area (Å²) >= 11 is 0. The van der Waals surface area contributed by atoms with Crippen LogP contribution >= 0.6 is 0 Å². The molecule has 0 spiro atoms. The maximum Gasteiger partial charge on any atom is 0.0721 e. The Morgan fingerprint density at radius 3 is 1.28 bits per heavy atom. The Labute approximate surface area is 154 Å². The van der Waals surface area contributed by atoms with Gasteiger partial charge >= 0.3 is 0 Å². The molecule has 0 saturated heterocycles. The van der Waals surface area contributed by atoms with Crippen LogP contribution < -0.4 is 11.5 Å². The van der Waals surface area contributed by atoms with Crippen LogP contribution in [0.1, 0.15) is 72.6 Å². The zero-order valence-corrected chi connectivity index (χ0v) is 16.8. The molecule has 148 valence electrons. The lowest BCUT2D eigenvalue weighted by atomic mass is 9.60. The summed E-state index contributed by atoms with van der Waals surface area (Å²) < 4.78 is 0. The van der Waals surface area contributed by atoms with Gasteiger partial charge in [0.25, 0.3) is 0 Å². The predicted octanol–water partition coefficient (Wildman–Crippen LogP) is 2.90. The van der Waals surface area contributed by atoms with Crippen LogP contribution in [0.25, 0.3) is 0 Å². The van der Waals surface area contributed by atoms with Crippen LogP contribution in [0, 0.1) is 35.5 Å². The summed E-state index contributed by atoms with van der Waals surface area (Å²) in [5.74, 6) is 2.61. The van der Waals surface area contributed by atoms with Crippen molar-refractivity contribution < 1.29 is 10.2 Å². The Morgan fingerprint density at radius 1 is 0.640 bits per heavy atom. The fourth-order valence-corrected chi connectivity index (χ4v) is 6.13. The molecule has 0 heterocycles. The van der Waals surface area contributed by atoms with Crippen molar-refractivity contribution in [2.75, 3.05) is 0 Å². The lowest BCUT2D eigenvalue weighted by Crippen LogP contribution is -2.55. The van der Waals surface area contributed by atoms with Crippen LogP contribution in [0.2, 0.25) is 0 Å². The molecular weight excluding hydrogens is 312 g/mol. The van der Waals surface area contributed by atoms with Gasteiger partial charge in [0.2, 0.25) is 0 Å². The zero-order valence-electron chi connectivity index (χ0n) is 16.8. The van der Waals surface area contributed by atoms with E-state index in [1.54, 1.807) is 0 Å². The highest BCUT2D eigenvalue weighted by Crippen LogP contribution is 2.46. The van der Waals surface area contributed by atoms with Gasteiger partial charge in [-0.1, -0.05) is 53.4 Å². The Morgan fingerprint density at radius 2 is 1.00 bits per heavy atom. The van der Waals surface area contributed by atoms with E-state index in [0.717, 1.165) is 44.9 Å². The van der Waals surface area contributed by atoms with Gasteiger partial charge in [-0.15, -0.1) is 0 Å². The van der Waals surface area contributed by atoms with E-state index >= 15 is 0 Å². The number of hydrogen-bond acceptors (Lipinski definition) is 4. The minimum Gasteiger partial charge on any atom is -0.391 e. The molecule has 0 aromatic rings. The molecular formula is C21H42N2O2. The van der Waals surface area contributed by atoms with E-state index in [2.05, 4.69) is 27.7 Å². The first-order chi connectivity index (χ1) is 11.9. The Hall–Kier alpha value is -0.160. The first kappa shape index (κ1) is 21.1. The van der Waals surface area contributed by atoms with Gasteiger partial charge in [-0.3, -0.25) is 0 Å². The van der Waals surface area contributed by atoms with E-state index < -0.39 is 0 Å². The third-order valence-electron chi connectivity index (χ3n) is 7.76. The highest BCUT2D eigenvalue weighted by atomic mass is 16.3. The van der Waals surface area contributed by atoms with Gasteiger partial charge in [0.1, 0.15) is 0 Å². The summed E-state index contributed by atoms with van der Waals surface area (Å²) in [6, 6.07) is -0.197. The first-order valence-corrected chi connectivity index (χ1v) is 10.8. The van der Waals surface area contributed by atoms with E-state index in [0.29, 0.717) is 35.5 Å². The number of hydrogen-bond donors (Lipinski definition) is 4. The summed E-state index contributed by atoms with van der Waals surface area (Å²) in [6.07, 6.45) is 6.70. The van der Waals surface area contributed by atoms with Crippen LogP contribution in [0.15, 0.2) is 0 Å². The number of aliphatic hydroxyl groups is 2. The molecule has 2 aliphatic rings. The summed E-state index contributed by atoms with van der Waals surface area (Å²) in [6.45, 7) is 8.75. The first-order valence-electron chi connectivity index (χ1n) is 10.8. The van der Waals surface area contributed by atoms with Gasteiger partial charge in [0.15, 0.2) is 0 Å². The molecule has 2 aliphatic carbocycles. The van der Waals surface area contributed by atoms with E-state index in [9.17, 15) is 10.2 Å². The van der Waals surface area contributed by atoms with Gasteiger partial charge < -0.3 is 21.7 Å². The van der Waals surface area contributed by atoms with Crippen molar-refractivity contribution in [3.8, 4) is 0 Å². The van der Waals surface area contributed by atoms with Crippen molar-refractivity contribution in [3.63, 3.8) is 0 Å². The molecule has 10 atom stereocenters. The van der Waals surface area contributed by atoms with E-state index in [1.807, 2.05) is 0 Å². The quantitative estimate of drug-likeness (QED) is 0.590. The Balaban J connectivity index is 2.16. The van der Waals surface area contributed by atoms with Gasteiger partial charge in [-0.25, -0.2) is 0 Å². The van der Waals surface area contributed by atoms with Crippen LogP contribution in [0.4, 0.5) is 0 Å². The number of nitrogens with two attached hydrogens (primary N) is 2. The molecule has 6 N–H and O–H groups in total. The van der Waals surface area contributed by atoms with Crippen LogP contribution in [-0.2, 0) is 0 Å². The van der Waals surface area contributed by atoms with Gasteiger partial charge in [-0.05, 0) is 54.8 Å². The van der Waals surface area contributed by atoms with E-state index in [-0.39, 0.29) is 24.3 Å². The lowest BCUT2D eigenvalue weighted by molar-refractivity contribution is -0.0416. The van der Waals surface area contributed by atoms with Crippen LogP contribution in [0.3, 0.4) is 0 Å². The Kier molecular flexibility index (Phi) is 7.75. The Bertz CT molecular complexity index is 369. The minimum absolute atomic E-state index is 0.0985. The maximum atomic E-state index is 10.5. The summed E-state index contributed by atoms with van der Waals surface area (Å²) in [5, 5.41) is 21.1. The summed E-state index contributed by atoms with van der Waals surface area (Å²) in [7, 11) is 0. The average molecular weight is 355 g/mol. The molecule has 0 aromatic heterocycles. The second-order valence-corrected chi connectivity index (χ2v) is 8.84. The van der Waals surface area contributed by atoms with Crippen molar-refractivity contribution in [2.45, 2.75) is 96.9 Å². The molecule has 4 nitrogen and oxygen atoms in total. The van der Waals surface area contributed by atoms with Crippen molar-refractivity contribution in [1.82, 2.24) is 0 Å². The zero-order chi connectivity index (χ0) is 18.7. The van der Waals surface area contributed by atoms with Crippen molar-refractivity contribution in [1.29, 1.82) is 0 Å². The molecule has 0 amide bonds. The van der Waals surface area contributed by atoms with E-state index in [4.69, 9.17) is 11.5 Å². The molecule has 0 aliphatic heterocycles. The van der Waals surface area contributed by atoms with Crippen LogP contribution in [0.5, 0.6) is 0 Å². The molecule has 2 rings (SSSR count). The smallest absolute Gasteiger partial charge is 0.0721 e. The SMILES string of the molecule is CCC1CC(CC2CC(CC)C(O)C(N)C2CC)C(CC)C(N)C1O. The van der Waals surface area contributed by atoms with Crippen molar-refractivity contribution >= 4 is 0 Å². The molecule has 0 bridgehead atoms. The summed E-state index contributed by atoms with van der Waals surface area (Å²) in [4.78, 5) is 0. The van der Waals surface area contributed by atoms with Crippen molar-refractivity contribution in [3.05, 3.63) is 0 Å². The molecule has 10 unspecified atom stereocenters. The topological polar surface area (TPSA) is 92.5 Å². The second-order valence-electron chi connectivity index (χ2n) is 8.84. The fourth-order valence-electron chi connectivity index (χ4n) is 6.13. The lowest BCUT2D eigenvalue weighted by Gasteiger charge is -2.48. The third-order valence-corrected chi connectivity index (χ3v) is 7.76. The number of rotatable bonds is 6. The monoisotopic (exact) mass is 354 g/mol. The number of aliphatic hydroxyl groups excluding tert-OH is 2. The summed E-state index contributed by atoms with van der Waals surface area (Å²) in [5.41, 5.74) is 12.9. The van der Waals surface area contributed by atoms with Gasteiger partial charge in [0.05, 0.1) is 12.2 Å². The molecule has 0 aromatic carbocycles. The molecule has 4 heteroatoms. The van der Waals surface area contributed by atoms with E-state index in [1.165, 1.54) is 0 Å². The maximum absolute atomic E-state index is 10.5. The highest BCUT2D eigenvalue weighted by Gasteiger charge is 2.45.